The smallest absolute Gasteiger partial charge is 0.266 e. The number of fused-ring (bicyclic) bond motifs is 1. The molecule has 1 N–H and O–H groups in total. The molecule has 0 radical (unpaired) electrons. The quantitative estimate of drug-likeness (QED) is 0.423. The molecule has 122 valence electrons. The first-order valence-electron chi connectivity index (χ1n) is 7.25. The van der Waals surface area contributed by atoms with Crippen LogP contribution in [-0.2, 0) is 0 Å². The monoisotopic (exact) mass is 420 g/mol. The number of halogens is 2. The molecule has 0 aliphatic rings. The van der Waals surface area contributed by atoms with E-state index in [0.29, 0.717) is 9.90 Å². The van der Waals surface area contributed by atoms with Crippen LogP contribution in [0, 0.1) is 6.92 Å². The van der Waals surface area contributed by atoms with Crippen molar-refractivity contribution >= 4 is 60.6 Å². The Labute approximate surface area is 157 Å². The molecule has 1 heterocycles. The van der Waals surface area contributed by atoms with Crippen LogP contribution in [0.4, 0.5) is 0 Å². The van der Waals surface area contributed by atoms with E-state index in [0.717, 1.165) is 31.4 Å². The summed E-state index contributed by atoms with van der Waals surface area (Å²) in [6.07, 6.45) is 0. The first kappa shape index (κ1) is 17.1. The topological polar surface area (TPSA) is 41.5 Å². The van der Waals surface area contributed by atoms with Crippen LogP contribution in [0.25, 0.3) is 10.1 Å². The van der Waals surface area contributed by atoms with E-state index in [1.165, 1.54) is 11.3 Å². The van der Waals surface area contributed by atoms with Crippen LogP contribution in [0.5, 0.6) is 0 Å². The van der Waals surface area contributed by atoms with Crippen LogP contribution in [0.3, 0.4) is 0 Å². The lowest BCUT2D eigenvalue weighted by atomic mass is 10.1. The third kappa shape index (κ3) is 3.53. The van der Waals surface area contributed by atoms with Crippen molar-refractivity contribution in [3.8, 4) is 0 Å². The fourth-order valence-electron chi connectivity index (χ4n) is 2.26. The number of thiophene rings is 1. The number of rotatable bonds is 3. The molecule has 1 amide bonds. The highest BCUT2D eigenvalue weighted by Gasteiger charge is 2.17. The van der Waals surface area contributed by atoms with Gasteiger partial charge in [0.2, 0.25) is 0 Å². The van der Waals surface area contributed by atoms with Crippen molar-refractivity contribution in [2.45, 2.75) is 13.8 Å². The molecule has 2 aromatic carbocycles. The summed E-state index contributed by atoms with van der Waals surface area (Å²) >= 11 is 11.1. The molecule has 3 aromatic rings. The summed E-state index contributed by atoms with van der Waals surface area (Å²) in [4.78, 5) is 12.9. The van der Waals surface area contributed by atoms with Gasteiger partial charge in [0, 0.05) is 14.6 Å². The van der Waals surface area contributed by atoms with E-state index in [1.807, 2.05) is 56.3 Å². The zero-order valence-electron chi connectivity index (χ0n) is 13.1. The maximum Gasteiger partial charge on any atom is 0.283 e. The molecule has 0 aliphatic carbocycles. The van der Waals surface area contributed by atoms with Crippen molar-refractivity contribution in [2.75, 3.05) is 0 Å². The minimum absolute atomic E-state index is 0.296. The Kier molecular flexibility index (Phi) is 5.04. The molecule has 0 bridgehead atoms. The van der Waals surface area contributed by atoms with Crippen molar-refractivity contribution in [2.24, 2.45) is 5.10 Å². The van der Waals surface area contributed by atoms with Crippen LogP contribution in [0.15, 0.2) is 52.0 Å². The van der Waals surface area contributed by atoms with Crippen molar-refractivity contribution in [3.05, 3.63) is 68.0 Å². The summed E-state index contributed by atoms with van der Waals surface area (Å²) in [6.45, 7) is 3.86. The number of nitrogens with one attached hydrogen (secondary N) is 1. The predicted molar refractivity (Wildman–Crippen MR) is 105 cm³/mol. The maximum absolute atomic E-state index is 12.4. The predicted octanol–water partition coefficient (Wildman–Crippen LogP) is 5.78. The van der Waals surface area contributed by atoms with Crippen LogP contribution < -0.4 is 5.43 Å². The van der Waals surface area contributed by atoms with Crippen molar-refractivity contribution in [1.82, 2.24) is 5.43 Å². The SMILES string of the molecule is CC(=NNC(=O)c1sc2cc(C)ccc2c1Cl)c1ccc(Br)cc1. The van der Waals surface area contributed by atoms with E-state index >= 15 is 0 Å². The summed E-state index contributed by atoms with van der Waals surface area (Å²) in [5.41, 5.74) is 5.39. The van der Waals surface area contributed by atoms with E-state index in [1.54, 1.807) is 0 Å². The molecule has 24 heavy (non-hydrogen) atoms. The van der Waals surface area contributed by atoms with Gasteiger partial charge in [-0.2, -0.15) is 5.10 Å². The molecule has 0 spiro atoms. The lowest BCUT2D eigenvalue weighted by Gasteiger charge is -2.02. The van der Waals surface area contributed by atoms with Crippen molar-refractivity contribution in [1.29, 1.82) is 0 Å². The van der Waals surface area contributed by atoms with Gasteiger partial charge in [-0.25, -0.2) is 5.43 Å². The molecule has 0 atom stereocenters. The van der Waals surface area contributed by atoms with Gasteiger partial charge in [-0.05, 0) is 43.2 Å². The van der Waals surface area contributed by atoms with E-state index in [9.17, 15) is 4.79 Å². The van der Waals surface area contributed by atoms with Gasteiger partial charge in [0.1, 0.15) is 4.88 Å². The Morgan fingerprint density at radius 2 is 1.92 bits per heavy atom. The molecule has 0 unspecified atom stereocenters. The highest BCUT2D eigenvalue weighted by Crippen LogP contribution is 2.35. The first-order valence-corrected chi connectivity index (χ1v) is 9.23. The average molecular weight is 422 g/mol. The van der Waals surface area contributed by atoms with E-state index < -0.39 is 0 Å². The standard InChI is InChI=1S/C18H14BrClN2OS/c1-10-3-8-14-15(9-10)24-17(16(14)20)18(23)22-21-11(2)12-4-6-13(19)7-5-12/h3-9H,1-2H3,(H,22,23). The van der Waals surface area contributed by atoms with Gasteiger partial charge in [-0.15, -0.1) is 11.3 Å². The van der Waals surface area contributed by atoms with Crippen molar-refractivity contribution in [3.63, 3.8) is 0 Å². The van der Waals surface area contributed by atoms with Crippen LogP contribution in [0.2, 0.25) is 5.02 Å². The number of carbonyl (C=O) groups is 1. The number of nitrogens with zero attached hydrogens (tertiary/aromatic N) is 1. The molecular weight excluding hydrogens is 408 g/mol. The minimum Gasteiger partial charge on any atom is -0.266 e. The van der Waals surface area contributed by atoms with Gasteiger partial charge in [-0.1, -0.05) is 51.8 Å². The Balaban J connectivity index is 1.83. The molecule has 0 saturated heterocycles. The summed E-state index contributed by atoms with van der Waals surface area (Å²) < 4.78 is 1.99. The number of hydrogen-bond donors (Lipinski definition) is 1. The van der Waals surface area contributed by atoms with E-state index in [-0.39, 0.29) is 5.91 Å². The molecule has 3 nitrogen and oxygen atoms in total. The van der Waals surface area contributed by atoms with E-state index in [4.69, 9.17) is 11.6 Å². The lowest BCUT2D eigenvalue weighted by molar-refractivity contribution is 0.0959. The van der Waals surface area contributed by atoms with Crippen molar-refractivity contribution < 1.29 is 4.79 Å². The number of aryl methyl sites for hydroxylation is 1. The van der Waals surface area contributed by atoms with Crippen LogP contribution >= 0.6 is 38.9 Å². The highest BCUT2D eigenvalue weighted by atomic mass is 79.9. The fraction of sp³-hybridized carbons (Fsp3) is 0.111. The first-order chi connectivity index (χ1) is 11.5. The second-order valence-electron chi connectivity index (χ2n) is 5.39. The summed E-state index contributed by atoms with van der Waals surface area (Å²) in [5, 5.41) is 5.55. The molecular formula is C18H14BrClN2OS. The third-order valence-corrected chi connectivity index (χ3v) is 5.76. The average Bonchev–Trinajstić information content (AvgIpc) is 2.89. The second-order valence-corrected chi connectivity index (χ2v) is 7.74. The lowest BCUT2D eigenvalue weighted by Crippen LogP contribution is -2.18. The van der Waals surface area contributed by atoms with Gasteiger partial charge >= 0.3 is 0 Å². The zero-order chi connectivity index (χ0) is 17.3. The number of hydrogen-bond acceptors (Lipinski definition) is 3. The van der Waals surface area contributed by atoms with E-state index in [2.05, 4.69) is 26.5 Å². The summed E-state index contributed by atoms with van der Waals surface area (Å²) in [6, 6.07) is 13.7. The molecule has 6 heteroatoms. The van der Waals surface area contributed by atoms with Gasteiger partial charge in [0.05, 0.1) is 10.7 Å². The minimum atomic E-state index is -0.296. The Hall–Kier alpha value is -1.69. The van der Waals surface area contributed by atoms with Gasteiger partial charge in [0.15, 0.2) is 0 Å². The molecule has 0 fully saturated rings. The summed E-state index contributed by atoms with van der Waals surface area (Å²) in [7, 11) is 0. The zero-order valence-corrected chi connectivity index (χ0v) is 16.2. The molecule has 3 rings (SSSR count). The number of hydrazone groups is 1. The Morgan fingerprint density at radius 3 is 2.62 bits per heavy atom. The Morgan fingerprint density at radius 1 is 1.21 bits per heavy atom. The normalized spacial score (nSPS) is 11.8. The number of carbonyl (C=O) groups excluding carboxylic acids is 1. The fourth-order valence-corrected chi connectivity index (χ4v) is 4.03. The molecule has 0 saturated carbocycles. The maximum atomic E-state index is 12.4. The third-order valence-electron chi connectivity index (χ3n) is 3.58. The van der Waals surface area contributed by atoms with Gasteiger partial charge in [-0.3, -0.25) is 4.79 Å². The molecule has 1 aromatic heterocycles. The number of amides is 1. The largest absolute Gasteiger partial charge is 0.283 e. The van der Waals surface area contributed by atoms with Gasteiger partial charge in [0.25, 0.3) is 5.91 Å². The number of benzene rings is 2. The van der Waals surface area contributed by atoms with Gasteiger partial charge < -0.3 is 0 Å². The highest BCUT2D eigenvalue weighted by molar-refractivity contribution is 9.10. The Bertz CT molecular complexity index is 948. The second kappa shape index (κ2) is 7.05. The van der Waals surface area contributed by atoms with Crippen LogP contribution in [0.1, 0.15) is 27.7 Å². The van der Waals surface area contributed by atoms with Crippen LogP contribution in [-0.4, -0.2) is 11.6 Å². The summed E-state index contributed by atoms with van der Waals surface area (Å²) in [5.74, 6) is -0.296. The molecule has 0 aliphatic heterocycles.